The van der Waals surface area contributed by atoms with Gasteiger partial charge in [-0.25, -0.2) is 4.39 Å². The first kappa shape index (κ1) is 11.0. The quantitative estimate of drug-likeness (QED) is 0.768. The van der Waals surface area contributed by atoms with Crippen LogP contribution in [0.15, 0.2) is 12.1 Å². The molecular weight excluding hydrogens is 222 g/mol. The summed E-state index contributed by atoms with van der Waals surface area (Å²) >= 11 is 0. The Labute approximate surface area is 99.8 Å². The molecule has 0 heterocycles. The highest BCUT2D eigenvalue weighted by atomic mass is 19.2. The zero-order valence-electron chi connectivity index (χ0n) is 9.72. The average Bonchev–Trinajstić information content (AvgIpc) is 3.03. The minimum Gasteiger partial charge on any atom is -0.487 e. The summed E-state index contributed by atoms with van der Waals surface area (Å²) in [4.78, 5) is 0. The molecule has 0 spiro atoms. The molecule has 3 rings (SSSR count). The Morgan fingerprint density at radius 3 is 2.29 bits per heavy atom. The summed E-state index contributed by atoms with van der Waals surface area (Å²) in [7, 11) is 0. The summed E-state index contributed by atoms with van der Waals surface area (Å²) < 4.78 is 33.1. The Balaban J connectivity index is 1.82. The maximum Gasteiger partial charge on any atom is 0.200 e. The molecule has 0 amide bonds. The lowest BCUT2D eigenvalue weighted by atomic mass is 10.1. The van der Waals surface area contributed by atoms with Crippen molar-refractivity contribution in [3.63, 3.8) is 0 Å². The number of ether oxygens (including phenoxy) is 1. The van der Waals surface area contributed by atoms with Crippen LogP contribution in [0.2, 0.25) is 0 Å². The number of hydrogen-bond donors (Lipinski definition) is 0. The Morgan fingerprint density at radius 2 is 1.65 bits per heavy atom. The van der Waals surface area contributed by atoms with E-state index in [0.29, 0.717) is 5.56 Å². The fourth-order valence-corrected chi connectivity index (χ4v) is 2.53. The van der Waals surface area contributed by atoms with Crippen LogP contribution in [0.5, 0.6) is 5.75 Å². The maximum absolute atomic E-state index is 13.8. The van der Waals surface area contributed by atoms with Gasteiger partial charge in [-0.15, -0.1) is 0 Å². The molecule has 92 valence electrons. The molecule has 0 unspecified atom stereocenters. The topological polar surface area (TPSA) is 9.23 Å². The van der Waals surface area contributed by atoms with E-state index in [2.05, 4.69) is 0 Å². The van der Waals surface area contributed by atoms with Gasteiger partial charge in [0.05, 0.1) is 6.10 Å². The molecule has 2 aliphatic carbocycles. The molecule has 0 atom stereocenters. The highest BCUT2D eigenvalue weighted by Gasteiger charge is 2.29. The molecule has 2 aliphatic rings. The smallest absolute Gasteiger partial charge is 0.200 e. The lowest BCUT2D eigenvalue weighted by Gasteiger charge is -2.14. The van der Waals surface area contributed by atoms with Gasteiger partial charge in [0.15, 0.2) is 11.6 Å². The summed E-state index contributed by atoms with van der Waals surface area (Å²) in [6.07, 6.45) is 6.15. The van der Waals surface area contributed by atoms with Crippen LogP contribution in [0.25, 0.3) is 0 Å². The summed E-state index contributed by atoms with van der Waals surface area (Å²) in [5.41, 5.74) is 0.515. The second kappa shape index (κ2) is 4.28. The Kier molecular flexibility index (Phi) is 2.77. The molecule has 0 aromatic heterocycles. The molecule has 0 bridgehead atoms. The van der Waals surface area contributed by atoms with Crippen LogP contribution in [0.3, 0.4) is 0 Å². The first-order chi connectivity index (χ1) is 8.25. The average molecular weight is 238 g/mol. The fourth-order valence-electron chi connectivity index (χ4n) is 2.53. The van der Waals surface area contributed by atoms with Gasteiger partial charge in [0.25, 0.3) is 0 Å². The van der Waals surface area contributed by atoms with Crippen LogP contribution >= 0.6 is 0 Å². The number of benzene rings is 1. The minimum atomic E-state index is -0.804. The van der Waals surface area contributed by atoms with E-state index in [-0.39, 0.29) is 17.8 Å². The van der Waals surface area contributed by atoms with Crippen LogP contribution in [-0.2, 0) is 0 Å². The van der Waals surface area contributed by atoms with Crippen molar-refractivity contribution in [3.05, 3.63) is 29.3 Å². The lowest BCUT2D eigenvalue weighted by molar-refractivity contribution is 0.198. The van der Waals surface area contributed by atoms with Crippen LogP contribution in [0, 0.1) is 11.6 Å². The van der Waals surface area contributed by atoms with Gasteiger partial charge >= 0.3 is 0 Å². The molecule has 0 saturated heterocycles. The molecule has 1 nitrogen and oxygen atoms in total. The van der Waals surface area contributed by atoms with Crippen molar-refractivity contribution >= 4 is 0 Å². The first-order valence-electron chi connectivity index (χ1n) is 6.40. The van der Waals surface area contributed by atoms with E-state index >= 15 is 0 Å². The van der Waals surface area contributed by atoms with Gasteiger partial charge in [0, 0.05) is 0 Å². The second-order valence-electron chi connectivity index (χ2n) is 5.08. The Hall–Kier alpha value is -1.12. The monoisotopic (exact) mass is 238 g/mol. The van der Waals surface area contributed by atoms with E-state index in [1.807, 2.05) is 0 Å². The van der Waals surface area contributed by atoms with E-state index in [0.717, 1.165) is 38.5 Å². The zero-order valence-corrected chi connectivity index (χ0v) is 9.72. The maximum atomic E-state index is 13.8. The van der Waals surface area contributed by atoms with Crippen LogP contribution in [0.1, 0.15) is 50.0 Å². The summed E-state index contributed by atoms with van der Waals surface area (Å²) in [5, 5.41) is 0. The molecular formula is C14H16F2O. The highest BCUT2D eigenvalue weighted by Crippen LogP contribution is 2.43. The normalized spacial score (nSPS) is 20.8. The van der Waals surface area contributed by atoms with E-state index in [1.54, 1.807) is 12.1 Å². The highest BCUT2D eigenvalue weighted by molar-refractivity contribution is 5.35. The molecule has 0 N–H and O–H groups in total. The van der Waals surface area contributed by atoms with Gasteiger partial charge in [0.1, 0.15) is 0 Å². The molecule has 3 heteroatoms. The van der Waals surface area contributed by atoms with Crippen LogP contribution < -0.4 is 4.74 Å². The molecule has 1 aromatic carbocycles. The van der Waals surface area contributed by atoms with Crippen LogP contribution in [0.4, 0.5) is 8.78 Å². The van der Waals surface area contributed by atoms with E-state index < -0.39 is 11.6 Å². The van der Waals surface area contributed by atoms with Gasteiger partial charge in [-0.05, 0) is 56.1 Å². The third kappa shape index (κ3) is 2.15. The van der Waals surface area contributed by atoms with Crippen molar-refractivity contribution in [2.24, 2.45) is 0 Å². The van der Waals surface area contributed by atoms with E-state index in [9.17, 15) is 8.78 Å². The molecule has 17 heavy (non-hydrogen) atoms. The fraction of sp³-hybridized carbons (Fsp3) is 0.571. The molecule has 1 aromatic rings. The van der Waals surface area contributed by atoms with Crippen molar-refractivity contribution < 1.29 is 13.5 Å². The minimum absolute atomic E-state index is 0.0654. The molecule has 0 aliphatic heterocycles. The SMILES string of the molecule is Fc1c(OC2CCCC2)ccc(C2CC2)c1F. The third-order valence-electron chi connectivity index (χ3n) is 3.69. The molecule has 2 fully saturated rings. The predicted molar refractivity (Wildman–Crippen MR) is 61.2 cm³/mol. The van der Waals surface area contributed by atoms with E-state index in [4.69, 9.17) is 4.74 Å². The standard InChI is InChI=1S/C14H16F2O/c15-13-11(9-5-6-9)7-8-12(14(13)16)17-10-3-1-2-4-10/h7-10H,1-6H2. The zero-order chi connectivity index (χ0) is 11.8. The Bertz CT molecular complexity index is 420. The van der Waals surface area contributed by atoms with Gasteiger partial charge in [0.2, 0.25) is 5.82 Å². The number of halogens is 2. The van der Waals surface area contributed by atoms with E-state index in [1.165, 1.54) is 0 Å². The van der Waals surface area contributed by atoms with Gasteiger partial charge < -0.3 is 4.74 Å². The summed E-state index contributed by atoms with van der Waals surface area (Å²) in [6, 6.07) is 3.27. The van der Waals surface area contributed by atoms with Crippen molar-refractivity contribution in [3.8, 4) is 5.75 Å². The third-order valence-corrected chi connectivity index (χ3v) is 3.69. The second-order valence-corrected chi connectivity index (χ2v) is 5.08. The number of rotatable bonds is 3. The van der Waals surface area contributed by atoms with Crippen molar-refractivity contribution in [1.29, 1.82) is 0 Å². The summed E-state index contributed by atoms with van der Waals surface area (Å²) in [6.45, 7) is 0. The van der Waals surface area contributed by atoms with Gasteiger partial charge in [-0.1, -0.05) is 6.07 Å². The van der Waals surface area contributed by atoms with Gasteiger partial charge in [-0.3, -0.25) is 0 Å². The van der Waals surface area contributed by atoms with Gasteiger partial charge in [-0.2, -0.15) is 4.39 Å². The predicted octanol–water partition coefficient (Wildman–Crippen LogP) is 4.16. The largest absolute Gasteiger partial charge is 0.487 e. The first-order valence-corrected chi connectivity index (χ1v) is 6.40. The lowest BCUT2D eigenvalue weighted by Crippen LogP contribution is -2.12. The molecule has 0 radical (unpaired) electrons. The van der Waals surface area contributed by atoms with Crippen molar-refractivity contribution in [2.75, 3.05) is 0 Å². The molecule has 2 saturated carbocycles. The number of hydrogen-bond acceptors (Lipinski definition) is 1. The Morgan fingerprint density at radius 1 is 0.941 bits per heavy atom. The van der Waals surface area contributed by atoms with Crippen LogP contribution in [-0.4, -0.2) is 6.10 Å². The van der Waals surface area contributed by atoms with Crippen molar-refractivity contribution in [2.45, 2.75) is 50.5 Å². The van der Waals surface area contributed by atoms with Crippen molar-refractivity contribution in [1.82, 2.24) is 0 Å². The summed E-state index contributed by atoms with van der Waals surface area (Å²) in [5.74, 6) is -1.20.